The molecule has 9 nitrogen and oxygen atoms in total. The van der Waals surface area contributed by atoms with Gasteiger partial charge in [0.15, 0.2) is 11.5 Å². The van der Waals surface area contributed by atoms with Crippen LogP contribution in [-0.4, -0.2) is 56.5 Å². The largest absolute Gasteiger partial charge is 0.493 e. The minimum Gasteiger partial charge on any atom is -0.493 e. The van der Waals surface area contributed by atoms with Gasteiger partial charge in [-0.3, -0.25) is 14.6 Å². The second-order valence-electron chi connectivity index (χ2n) is 8.52. The van der Waals surface area contributed by atoms with Crippen molar-refractivity contribution in [3.63, 3.8) is 0 Å². The summed E-state index contributed by atoms with van der Waals surface area (Å²) in [4.78, 5) is 40.6. The molecule has 0 aliphatic heterocycles. The van der Waals surface area contributed by atoms with E-state index in [1.54, 1.807) is 13.8 Å². The van der Waals surface area contributed by atoms with Crippen molar-refractivity contribution in [1.29, 1.82) is 0 Å². The molecule has 0 aromatic rings. The highest BCUT2D eigenvalue weighted by Crippen LogP contribution is 2.20. The van der Waals surface area contributed by atoms with Crippen molar-refractivity contribution in [3.05, 3.63) is 23.3 Å². The van der Waals surface area contributed by atoms with E-state index in [2.05, 4.69) is 30.9 Å². The maximum absolute atomic E-state index is 12.8. The fraction of sp³-hybridized carbons (Fsp3) is 0.667. The summed E-state index contributed by atoms with van der Waals surface area (Å²) in [6.07, 6.45) is 1.45. The Kier molecular flexibility index (Phi) is 14.0. The van der Waals surface area contributed by atoms with Gasteiger partial charge < -0.3 is 24.3 Å². The molecule has 0 radical (unpaired) electrons. The Morgan fingerprint density at radius 1 is 1.06 bits per heavy atom. The zero-order chi connectivity index (χ0) is 25.7. The van der Waals surface area contributed by atoms with E-state index >= 15 is 0 Å². The molecule has 0 saturated carbocycles. The molecule has 0 saturated heterocycles. The Morgan fingerprint density at radius 3 is 2.09 bits per heavy atom. The summed E-state index contributed by atoms with van der Waals surface area (Å²) in [5, 5.41) is 2.50. The normalized spacial score (nSPS) is 15.3. The average Bonchev–Trinajstić information content (AvgIpc) is 2.71. The minimum absolute atomic E-state index is 0.116. The van der Waals surface area contributed by atoms with Gasteiger partial charge in [-0.15, -0.1) is 0 Å². The molecule has 0 fully saturated rings. The van der Waals surface area contributed by atoms with Crippen LogP contribution < -0.4 is 5.32 Å². The zero-order valence-electron chi connectivity index (χ0n) is 21.4. The van der Waals surface area contributed by atoms with Crippen molar-refractivity contribution in [2.45, 2.75) is 80.1 Å². The Balaban J connectivity index is 5.48. The summed E-state index contributed by atoms with van der Waals surface area (Å²) in [5.74, 6) is -1.46. The number of hydrogen-bond donors (Lipinski definition) is 1. The second-order valence-corrected chi connectivity index (χ2v) is 8.52. The van der Waals surface area contributed by atoms with Crippen molar-refractivity contribution >= 4 is 24.6 Å². The maximum atomic E-state index is 12.8. The third-order valence-corrected chi connectivity index (χ3v) is 4.41. The molecule has 1 amide bonds. The molecular formula is C24H40N2O7. The first-order valence-electron chi connectivity index (χ1n) is 11.1. The number of aliphatic imine (C=N–C) groups is 1. The van der Waals surface area contributed by atoms with Gasteiger partial charge in [0.1, 0.15) is 12.1 Å². The number of carbonyl (C=O) groups excluding carboxylic acids is 3. The lowest BCUT2D eigenvalue weighted by atomic mass is 10.0. The average molecular weight is 469 g/mol. The van der Waals surface area contributed by atoms with Crippen LogP contribution in [0, 0.1) is 11.8 Å². The Bertz CT molecular complexity index is 741. The van der Waals surface area contributed by atoms with E-state index < -0.39 is 30.0 Å². The topological polar surface area (TPSA) is 113 Å². The first-order chi connectivity index (χ1) is 15.4. The highest BCUT2D eigenvalue weighted by Gasteiger charge is 2.28. The van der Waals surface area contributed by atoms with E-state index in [0.717, 1.165) is 6.42 Å². The van der Waals surface area contributed by atoms with Crippen LogP contribution in [-0.2, 0) is 33.3 Å². The highest BCUT2D eigenvalue weighted by atomic mass is 16.6. The number of esters is 2. The van der Waals surface area contributed by atoms with Gasteiger partial charge in [0.05, 0.1) is 13.2 Å². The van der Waals surface area contributed by atoms with Crippen molar-refractivity contribution in [2.75, 3.05) is 13.7 Å². The van der Waals surface area contributed by atoms with Crippen molar-refractivity contribution in [3.8, 4) is 0 Å². The first-order valence-corrected chi connectivity index (χ1v) is 11.1. The van der Waals surface area contributed by atoms with Crippen LogP contribution in [0.1, 0.15) is 61.8 Å². The summed E-state index contributed by atoms with van der Waals surface area (Å²) in [7, 11) is 1.35. The van der Waals surface area contributed by atoms with Crippen LogP contribution in [0.25, 0.3) is 0 Å². The molecule has 0 aromatic heterocycles. The molecule has 0 aliphatic carbocycles. The number of methoxy groups -OCH3 is 1. The molecule has 0 spiro atoms. The van der Waals surface area contributed by atoms with Gasteiger partial charge in [-0.05, 0) is 51.8 Å². The molecule has 1 N–H and O–H groups in total. The van der Waals surface area contributed by atoms with Crippen molar-refractivity contribution < 1.29 is 33.3 Å². The molecule has 3 atom stereocenters. The van der Waals surface area contributed by atoms with Crippen LogP contribution in [0.15, 0.2) is 28.3 Å². The number of allylic oxidation sites excluding steroid dienone is 1. The van der Waals surface area contributed by atoms with E-state index in [-0.39, 0.29) is 23.3 Å². The Labute approximate surface area is 197 Å². The maximum Gasteiger partial charge on any atom is 0.328 e. The number of nitrogens with zero attached hydrogens (tertiary/aromatic N) is 1. The van der Waals surface area contributed by atoms with Crippen LogP contribution in [0.3, 0.4) is 0 Å². The third kappa shape index (κ3) is 11.1. The molecule has 0 heterocycles. The van der Waals surface area contributed by atoms with E-state index in [0.29, 0.717) is 18.4 Å². The molecule has 0 unspecified atom stereocenters. The molecule has 0 bridgehead atoms. The van der Waals surface area contributed by atoms with E-state index in [1.807, 2.05) is 13.8 Å². The molecule has 0 aliphatic rings. The quantitative estimate of drug-likeness (QED) is 0.136. The Hall–Kier alpha value is -2.68. The fourth-order valence-corrected chi connectivity index (χ4v) is 2.81. The summed E-state index contributed by atoms with van der Waals surface area (Å²) >= 11 is 0. The van der Waals surface area contributed by atoms with Crippen LogP contribution in [0.4, 0.5) is 0 Å². The lowest BCUT2D eigenvalue weighted by molar-refractivity contribution is -0.160. The number of rotatable bonds is 14. The smallest absolute Gasteiger partial charge is 0.328 e. The minimum atomic E-state index is -1.00. The van der Waals surface area contributed by atoms with Gasteiger partial charge >= 0.3 is 11.9 Å². The summed E-state index contributed by atoms with van der Waals surface area (Å²) in [5.41, 5.74) is -0.300. The van der Waals surface area contributed by atoms with Crippen LogP contribution in [0.2, 0.25) is 0 Å². The summed E-state index contributed by atoms with van der Waals surface area (Å²) in [6.45, 7) is 18.2. The Morgan fingerprint density at radius 2 is 1.67 bits per heavy atom. The predicted molar refractivity (Wildman–Crippen MR) is 126 cm³/mol. The molecule has 0 rings (SSSR count). The van der Waals surface area contributed by atoms with Crippen molar-refractivity contribution in [2.24, 2.45) is 16.8 Å². The zero-order valence-corrected chi connectivity index (χ0v) is 21.4. The van der Waals surface area contributed by atoms with Gasteiger partial charge in [0.25, 0.3) is 5.91 Å². The monoisotopic (exact) mass is 468 g/mol. The van der Waals surface area contributed by atoms with Gasteiger partial charge in [-0.2, -0.15) is 0 Å². The van der Waals surface area contributed by atoms with Crippen molar-refractivity contribution in [1.82, 2.24) is 5.32 Å². The molecule has 33 heavy (non-hydrogen) atoms. The number of carbonyl (C=O) groups is 3. The van der Waals surface area contributed by atoms with Gasteiger partial charge in [0.2, 0.25) is 5.76 Å². The second kappa shape index (κ2) is 15.2. The molecule has 9 heteroatoms. The lowest BCUT2D eigenvalue weighted by Gasteiger charge is -2.27. The SMILES string of the molecule is C=N/C(C(=O)N[C@@H](C)C(=O)O[C@@H](C)[C@@H](CC(C)C)OCC(C)C)=C(OC(C)=O)\C(=C/C)OC. The standard InChI is InChI=1S/C24H40N2O7/c1-11-19(30-10)22(33-18(8)27)21(25-9)23(28)26-16(6)24(29)32-17(7)20(12-14(2)3)31-13-15(4)5/h11,14-17,20H,9,12-13H2,1-8,10H3,(H,26,28)/b19-11+,22-21+/t16-,17-,20+/m0/s1. The summed E-state index contributed by atoms with van der Waals surface area (Å²) < 4.78 is 21.8. The molecular weight excluding hydrogens is 428 g/mol. The lowest BCUT2D eigenvalue weighted by Crippen LogP contribution is -2.43. The summed E-state index contributed by atoms with van der Waals surface area (Å²) in [6, 6.07) is -1.00. The van der Waals surface area contributed by atoms with E-state index in [1.165, 1.54) is 27.0 Å². The number of ether oxygens (including phenoxy) is 4. The van der Waals surface area contributed by atoms with Crippen LogP contribution >= 0.6 is 0 Å². The van der Waals surface area contributed by atoms with Crippen LogP contribution in [0.5, 0.6) is 0 Å². The number of nitrogens with one attached hydrogen (secondary N) is 1. The van der Waals surface area contributed by atoms with Gasteiger partial charge in [-0.1, -0.05) is 27.7 Å². The molecule has 0 aromatic carbocycles. The molecule has 188 valence electrons. The number of hydrogen-bond acceptors (Lipinski definition) is 8. The van der Waals surface area contributed by atoms with E-state index in [4.69, 9.17) is 18.9 Å². The van der Waals surface area contributed by atoms with E-state index in [9.17, 15) is 14.4 Å². The number of amides is 1. The highest BCUT2D eigenvalue weighted by molar-refractivity contribution is 5.97. The van der Waals surface area contributed by atoms with Gasteiger partial charge in [0, 0.05) is 13.5 Å². The van der Waals surface area contributed by atoms with Gasteiger partial charge in [-0.25, -0.2) is 4.79 Å². The first kappa shape index (κ1) is 30.3. The predicted octanol–water partition coefficient (Wildman–Crippen LogP) is 3.54. The third-order valence-electron chi connectivity index (χ3n) is 4.41. The fourth-order valence-electron chi connectivity index (χ4n) is 2.81.